The highest BCUT2D eigenvalue weighted by Crippen LogP contribution is 2.33. The molecular weight excluding hydrogens is 402 g/mol. The molecule has 2 amide bonds. The summed E-state index contributed by atoms with van der Waals surface area (Å²) >= 11 is 1.41. The van der Waals surface area contributed by atoms with E-state index in [-0.39, 0.29) is 11.4 Å². The van der Waals surface area contributed by atoms with E-state index >= 15 is 0 Å². The number of carbonyl (C=O) groups excluding carboxylic acids is 1. The number of rotatable bonds is 4. The summed E-state index contributed by atoms with van der Waals surface area (Å²) in [5.41, 5.74) is 2.36. The van der Waals surface area contributed by atoms with Gasteiger partial charge in [-0.15, -0.1) is 11.3 Å². The van der Waals surface area contributed by atoms with Crippen molar-refractivity contribution in [1.29, 1.82) is 0 Å². The summed E-state index contributed by atoms with van der Waals surface area (Å²) in [6.07, 6.45) is 1.48. The molecule has 0 fully saturated rings. The van der Waals surface area contributed by atoms with Gasteiger partial charge in [-0.2, -0.15) is 0 Å². The molecule has 0 spiro atoms. The molecule has 0 atom stereocenters. The first-order chi connectivity index (χ1) is 14.4. The normalized spacial score (nSPS) is 12.9. The molecule has 2 aromatic heterocycles. The van der Waals surface area contributed by atoms with E-state index in [1.165, 1.54) is 17.7 Å². The molecule has 0 saturated carbocycles. The van der Waals surface area contributed by atoms with Gasteiger partial charge >= 0.3 is 6.03 Å². The number of benzene rings is 1. The van der Waals surface area contributed by atoms with Crippen LogP contribution >= 0.6 is 11.3 Å². The smallest absolute Gasteiger partial charge is 0.325 e. The van der Waals surface area contributed by atoms with Crippen LogP contribution in [0.25, 0.3) is 0 Å². The van der Waals surface area contributed by atoms with Crippen molar-refractivity contribution < 1.29 is 9.53 Å². The molecule has 156 valence electrons. The fraction of sp³-hybridized carbons (Fsp3) is 0.300. The molecule has 3 aromatic rings. The van der Waals surface area contributed by atoms with Gasteiger partial charge in [-0.1, -0.05) is 20.8 Å². The number of aromatic nitrogens is 3. The second-order valence-electron chi connectivity index (χ2n) is 7.74. The first kappa shape index (κ1) is 19.9. The lowest BCUT2D eigenvalue weighted by molar-refractivity contribution is 0.262. The van der Waals surface area contributed by atoms with Crippen LogP contribution in [0, 0.1) is 0 Å². The monoisotopic (exact) mass is 425 g/mol. The zero-order valence-electron chi connectivity index (χ0n) is 16.9. The van der Waals surface area contributed by atoms with E-state index in [0.717, 1.165) is 11.4 Å². The lowest BCUT2D eigenvalue weighted by Crippen LogP contribution is -2.20. The minimum absolute atomic E-state index is 0.0558. The Morgan fingerprint density at radius 3 is 2.63 bits per heavy atom. The molecular formula is C20H23N7O2S. The number of nitrogens with one attached hydrogen (secondary N) is 4. The predicted octanol–water partition coefficient (Wildman–Crippen LogP) is 4.42. The highest BCUT2D eigenvalue weighted by atomic mass is 32.1. The molecule has 1 aliphatic rings. The van der Waals surface area contributed by atoms with Crippen LogP contribution < -0.4 is 26.0 Å². The number of ether oxygens (including phenoxy) is 1. The molecule has 0 unspecified atom stereocenters. The molecule has 4 N–H and O–H groups in total. The molecule has 30 heavy (non-hydrogen) atoms. The van der Waals surface area contributed by atoms with Gasteiger partial charge in [0.25, 0.3) is 0 Å². The quantitative estimate of drug-likeness (QED) is 0.489. The van der Waals surface area contributed by atoms with Gasteiger partial charge in [0, 0.05) is 22.2 Å². The Morgan fingerprint density at radius 2 is 1.90 bits per heavy atom. The highest BCUT2D eigenvalue weighted by molar-refractivity contribution is 7.14. The summed E-state index contributed by atoms with van der Waals surface area (Å²) in [4.78, 5) is 25.2. The average molecular weight is 426 g/mol. The van der Waals surface area contributed by atoms with E-state index in [1.807, 2.05) is 17.5 Å². The second-order valence-corrected chi connectivity index (χ2v) is 8.60. The van der Waals surface area contributed by atoms with E-state index in [4.69, 9.17) is 4.74 Å². The van der Waals surface area contributed by atoms with Gasteiger partial charge in [-0.05, 0) is 24.3 Å². The SMILES string of the molecule is CC(C)(C)c1csc(NC(=O)Nc2ccc(Nc3ncnc4c3OCCN4)cc2)n1. The Kier molecular flexibility index (Phi) is 5.40. The number of hydrogen-bond acceptors (Lipinski definition) is 8. The number of thiazole rings is 1. The molecule has 3 heterocycles. The Bertz CT molecular complexity index is 1040. The average Bonchev–Trinajstić information content (AvgIpc) is 3.19. The zero-order valence-corrected chi connectivity index (χ0v) is 17.8. The molecule has 1 aliphatic heterocycles. The van der Waals surface area contributed by atoms with Gasteiger partial charge < -0.3 is 20.7 Å². The predicted molar refractivity (Wildman–Crippen MR) is 119 cm³/mol. The maximum Gasteiger partial charge on any atom is 0.325 e. The lowest BCUT2D eigenvalue weighted by Gasteiger charge is -2.20. The largest absolute Gasteiger partial charge is 0.485 e. The van der Waals surface area contributed by atoms with Crippen LogP contribution in [0.4, 0.5) is 32.9 Å². The highest BCUT2D eigenvalue weighted by Gasteiger charge is 2.18. The van der Waals surface area contributed by atoms with Crippen LogP contribution in [-0.4, -0.2) is 34.1 Å². The van der Waals surface area contributed by atoms with Crippen molar-refractivity contribution in [3.63, 3.8) is 0 Å². The van der Waals surface area contributed by atoms with E-state index in [2.05, 4.69) is 57.0 Å². The van der Waals surface area contributed by atoms with E-state index in [1.54, 1.807) is 12.1 Å². The third-order valence-electron chi connectivity index (χ3n) is 4.34. The molecule has 1 aromatic carbocycles. The van der Waals surface area contributed by atoms with Gasteiger partial charge in [-0.25, -0.2) is 19.7 Å². The first-order valence-electron chi connectivity index (χ1n) is 9.51. The van der Waals surface area contributed by atoms with Crippen LogP contribution in [0.2, 0.25) is 0 Å². The number of fused-ring (bicyclic) bond motifs is 1. The maximum absolute atomic E-state index is 12.3. The number of urea groups is 1. The first-order valence-corrected chi connectivity index (χ1v) is 10.4. The second kappa shape index (κ2) is 8.15. The van der Waals surface area contributed by atoms with Crippen LogP contribution in [0.3, 0.4) is 0 Å². The molecule has 0 bridgehead atoms. The van der Waals surface area contributed by atoms with E-state index in [0.29, 0.717) is 41.4 Å². The topological polar surface area (TPSA) is 113 Å². The van der Waals surface area contributed by atoms with Gasteiger partial charge in [0.1, 0.15) is 12.9 Å². The maximum atomic E-state index is 12.3. The van der Waals surface area contributed by atoms with Crippen LogP contribution in [0.5, 0.6) is 5.75 Å². The van der Waals surface area contributed by atoms with Crippen molar-refractivity contribution in [3.05, 3.63) is 41.7 Å². The Morgan fingerprint density at radius 1 is 1.13 bits per heavy atom. The lowest BCUT2D eigenvalue weighted by atomic mass is 9.93. The number of nitrogens with zero attached hydrogens (tertiary/aromatic N) is 3. The van der Waals surface area contributed by atoms with Crippen molar-refractivity contribution in [2.75, 3.05) is 34.4 Å². The summed E-state index contributed by atoms with van der Waals surface area (Å²) in [5, 5.41) is 14.5. The van der Waals surface area contributed by atoms with Crippen LogP contribution in [0.15, 0.2) is 36.0 Å². The number of anilines is 5. The Hall–Kier alpha value is -3.40. The molecule has 0 radical (unpaired) electrons. The summed E-state index contributed by atoms with van der Waals surface area (Å²) in [7, 11) is 0. The van der Waals surface area contributed by atoms with Gasteiger partial charge in [0.15, 0.2) is 16.8 Å². The zero-order chi connectivity index (χ0) is 21.1. The minimum atomic E-state index is -0.338. The third kappa shape index (κ3) is 4.60. The van der Waals surface area contributed by atoms with E-state index in [9.17, 15) is 4.79 Å². The van der Waals surface area contributed by atoms with Crippen molar-refractivity contribution in [1.82, 2.24) is 15.0 Å². The Balaban J connectivity index is 1.37. The number of amides is 2. The standard InChI is InChI=1S/C20H23N7O2S/c1-20(2,3)14-10-30-19(26-14)27-18(28)25-13-6-4-12(5-7-13)24-17-15-16(22-11-23-17)21-8-9-29-15/h4-7,10-11H,8-9H2,1-3H3,(H2,21,22,23,24)(H2,25,26,27,28). The molecule has 4 rings (SSSR count). The molecule has 9 nitrogen and oxygen atoms in total. The molecule has 0 aliphatic carbocycles. The third-order valence-corrected chi connectivity index (χ3v) is 5.10. The number of carbonyl (C=O) groups is 1. The fourth-order valence-corrected chi connectivity index (χ4v) is 3.69. The van der Waals surface area contributed by atoms with Crippen molar-refractivity contribution >= 4 is 45.5 Å². The molecule has 0 saturated heterocycles. The van der Waals surface area contributed by atoms with Crippen molar-refractivity contribution in [2.24, 2.45) is 0 Å². The Labute approximate surface area is 178 Å². The molecule has 10 heteroatoms. The summed E-state index contributed by atoms with van der Waals surface area (Å²) in [6, 6.07) is 6.96. The van der Waals surface area contributed by atoms with Crippen molar-refractivity contribution in [3.8, 4) is 5.75 Å². The van der Waals surface area contributed by atoms with Crippen LogP contribution in [0.1, 0.15) is 26.5 Å². The summed E-state index contributed by atoms with van der Waals surface area (Å²) in [6.45, 7) is 7.53. The van der Waals surface area contributed by atoms with Gasteiger partial charge in [0.2, 0.25) is 5.75 Å². The fourth-order valence-electron chi connectivity index (χ4n) is 2.76. The van der Waals surface area contributed by atoms with E-state index < -0.39 is 0 Å². The minimum Gasteiger partial charge on any atom is -0.485 e. The van der Waals surface area contributed by atoms with Gasteiger partial charge in [-0.3, -0.25) is 5.32 Å². The number of hydrogen-bond donors (Lipinski definition) is 4. The van der Waals surface area contributed by atoms with Crippen LogP contribution in [-0.2, 0) is 5.41 Å². The van der Waals surface area contributed by atoms with Crippen molar-refractivity contribution in [2.45, 2.75) is 26.2 Å². The summed E-state index contributed by atoms with van der Waals surface area (Å²) in [5.74, 6) is 1.86. The summed E-state index contributed by atoms with van der Waals surface area (Å²) < 4.78 is 5.66. The van der Waals surface area contributed by atoms with Gasteiger partial charge in [0.05, 0.1) is 12.2 Å².